The molecular weight excluding hydrogens is 213 g/mol. The summed E-state index contributed by atoms with van der Waals surface area (Å²) in [6.45, 7) is -0.0978. The van der Waals surface area contributed by atoms with Crippen molar-refractivity contribution >= 4 is 5.91 Å². The predicted molar refractivity (Wildman–Crippen MR) is 54.5 cm³/mol. The highest BCUT2D eigenvalue weighted by Crippen LogP contribution is 2.21. The third kappa shape index (κ3) is 2.24. The number of alkyl halides is 1. The fourth-order valence-corrected chi connectivity index (χ4v) is 2.01. The number of nitrogens with zero attached hydrogens (tertiary/aromatic N) is 1. The van der Waals surface area contributed by atoms with Crippen LogP contribution in [-0.4, -0.2) is 41.3 Å². The summed E-state index contributed by atoms with van der Waals surface area (Å²) in [6, 6.07) is 1.32. The molecule has 0 radical (unpaired) electrons. The van der Waals surface area contributed by atoms with Crippen molar-refractivity contribution in [3.8, 4) is 0 Å². The van der Waals surface area contributed by atoms with E-state index in [1.807, 2.05) is 0 Å². The van der Waals surface area contributed by atoms with Crippen molar-refractivity contribution in [2.75, 3.05) is 13.2 Å². The van der Waals surface area contributed by atoms with Crippen molar-refractivity contribution in [2.24, 2.45) is 0 Å². The van der Waals surface area contributed by atoms with Crippen molar-refractivity contribution in [3.63, 3.8) is 0 Å². The van der Waals surface area contributed by atoms with E-state index in [-0.39, 0.29) is 37.9 Å². The van der Waals surface area contributed by atoms with Gasteiger partial charge in [-0.2, -0.15) is 0 Å². The van der Waals surface area contributed by atoms with Gasteiger partial charge in [-0.3, -0.25) is 4.79 Å². The van der Waals surface area contributed by atoms with Crippen LogP contribution < -0.4 is 0 Å². The Bertz CT molecular complexity index is 352. The van der Waals surface area contributed by atoms with Crippen LogP contribution in [0.15, 0.2) is 23.0 Å². The molecular formula is C11H14FNO3. The lowest BCUT2D eigenvalue weighted by atomic mass is 10.2. The molecule has 1 aromatic rings. The molecule has 0 aromatic carbocycles. The highest BCUT2D eigenvalue weighted by atomic mass is 19.1. The molecule has 1 saturated heterocycles. The van der Waals surface area contributed by atoms with E-state index in [4.69, 9.17) is 9.52 Å². The first-order valence-electron chi connectivity index (χ1n) is 5.26. The minimum atomic E-state index is -1.02. The third-order valence-electron chi connectivity index (χ3n) is 2.83. The maximum Gasteiger partial charge on any atom is 0.227 e. The van der Waals surface area contributed by atoms with Crippen molar-refractivity contribution in [1.82, 2.24) is 4.90 Å². The van der Waals surface area contributed by atoms with Crippen LogP contribution in [0.2, 0.25) is 0 Å². The first kappa shape index (κ1) is 11.1. The normalized spacial score (nSPS) is 25.0. The largest absolute Gasteiger partial charge is 0.472 e. The number of hydrogen-bond acceptors (Lipinski definition) is 3. The lowest BCUT2D eigenvalue weighted by Crippen LogP contribution is -2.38. The average Bonchev–Trinajstić information content (AvgIpc) is 2.86. The van der Waals surface area contributed by atoms with Gasteiger partial charge in [-0.15, -0.1) is 0 Å². The molecule has 2 atom stereocenters. The predicted octanol–water partition coefficient (Wildman–Crippen LogP) is 0.753. The van der Waals surface area contributed by atoms with E-state index in [9.17, 15) is 9.18 Å². The summed E-state index contributed by atoms with van der Waals surface area (Å²) in [5.74, 6) is -0.166. The van der Waals surface area contributed by atoms with Gasteiger partial charge in [0.1, 0.15) is 6.17 Å². The number of furan rings is 1. The molecule has 88 valence electrons. The van der Waals surface area contributed by atoms with Gasteiger partial charge in [0.2, 0.25) is 5.91 Å². The molecule has 16 heavy (non-hydrogen) atoms. The Morgan fingerprint density at radius 1 is 1.69 bits per heavy atom. The molecule has 0 aliphatic carbocycles. The minimum Gasteiger partial charge on any atom is -0.472 e. The molecule has 0 spiro atoms. The number of amides is 1. The maximum atomic E-state index is 13.1. The Balaban J connectivity index is 1.98. The van der Waals surface area contributed by atoms with Gasteiger partial charge in [0, 0.05) is 6.42 Å². The zero-order valence-electron chi connectivity index (χ0n) is 8.80. The first-order valence-corrected chi connectivity index (χ1v) is 5.26. The summed E-state index contributed by atoms with van der Waals surface area (Å²) in [5, 5.41) is 9.05. The van der Waals surface area contributed by atoms with E-state index < -0.39 is 6.17 Å². The Hall–Kier alpha value is -1.36. The highest BCUT2D eigenvalue weighted by molar-refractivity contribution is 5.79. The summed E-state index contributed by atoms with van der Waals surface area (Å²) in [4.78, 5) is 13.2. The van der Waals surface area contributed by atoms with Gasteiger partial charge >= 0.3 is 0 Å². The Morgan fingerprint density at radius 3 is 3.12 bits per heavy atom. The Morgan fingerprint density at radius 2 is 2.50 bits per heavy atom. The van der Waals surface area contributed by atoms with Gasteiger partial charge in [-0.1, -0.05) is 0 Å². The van der Waals surface area contributed by atoms with Crippen molar-refractivity contribution in [2.45, 2.75) is 25.1 Å². The van der Waals surface area contributed by atoms with E-state index in [0.29, 0.717) is 0 Å². The zero-order valence-corrected chi connectivity index (χ0v) is 8.80. The van der Waals surface area contributed by atoms with E-state index >= 15 is 0 Å². The van der Waals surface area contributed by atoms with E-state index in [2.05, 4.69) is 0 Å². The minimum absolute atomic E-state index is 0.0852. The maximum absolute atomic E-state index is 13.1. The zero-order chi connectivity index (χ0) is 11.5. The molecule has 4 nitrogen and oxygen atoms in total. The topological polar surface area (TPSA) is 53.7 Å². The number of aliphatic hydroxyl groups excluding tert-OH is 1. The molecule has 1 fully saturated rings. The van der Waals surface area contributed by atoms with Crippen LogP contribution in [0.4, 0.5) is 4.39 Å². The van der Waals surface area contributed by atoms with Gasteiger partial charge in [0.25, 0.3) is 0 Å². The van der Waals surface area contributed by atoms with Gasteiger partial charge < -0.3 is 14.4 Å². The Labute approximate surface area is 92.7 Å². The van der Waals surface area contributed by atoms with Crippen LogP contribution in [0, 0.1) is 0 Å². The molecule has 1 N–H and O–H groups in total. The monoisotopic (exact) mass is 227 g/mol. The van der Waals surface area contributed by atoms with Crippen LogP contribution in [0.5, 0.6) is 0 Å². The van der Waals surface area contributed by atoms with E-state index in [1.54, 1.807) is 6.07 Å². The quantitative estimate of drug-likeness (QED) is 0.829. The number of aliphatic hydroxyl groups is 1. The molecule has 1 aliphatic heterocycles. The van der Waals surface area contributed by atoms with Gasteiger partial charge in [0.15, 0.2) is 0 Å². The lowest BCUT2D eigenvalue weighted by Gasteiger charge is -2.22. The lowest BCUT2D eigenvalue weighted by molar-refractivity contribution is -0.132. The number of halogens is 1. The number of rotatable bonds is 3. The summed E-state index contributed by atoms with van der Waals surface area (Å²) in [6.07, 6.45) is 2.39. The molecule has 0 saturated carbocycles. The molecule has 1 aromatic heterocycles. The van der Waals surface area contributed by atoms with Gasteiger partial charge in [0.05, 0.1) is 38.1 Å². The number of carbonyl (C=O) groups excluding carboxylic acids is 1. The molecule has 2 heterocycles. The van der Waals surface area contributed by atoms with Crippen molar-refractivity contribution < 1.29 is 18.7 Å². The molecule has 1 aliphatic rings. The van der Waals surface area contributed by atoms with Crippen LogP contribution in [0.1, 0.15) is 12.0 Å². The summed E-state index contributed by atoms with van der Waals surface area (Å²) in [5.41, 5.74) is 0.768. The second-order valence-corrected chi connectivity index (χ2v) is 4.02. The number of hydrogen-bond donors (Lipinski definition) is 1. The Kier molecular flexibility index (Phi) is 3.24. The molecule has 0 bridgehead atoms. The van der Waals surface area contributed by atoms with Gasteiger partial charge in [-0.25, -0.2) is 4.39 Å². The van der Waals surface area contributed by atoms with Crippen LogP contribution in [-0.2, 0) is 11.2 Å². The first-order chi connectivity index (χ1) is 7.70. The number of carbonyl (C=O) groups is 1. The molecule has 0 unspecified atom stereocenters. The summed E-state index contributed by atoms with van der Waals surface area (Å²) < 4.78 is 18.0. The second-order valence-electron chi connectivity index (χ2n) is 4.02. The average molecular weight is 227 g/mol. The second kappa shape index (κ2) is 4.65. The van der Waals surface area contributed by atoms with Crippen molar-refractivity contribution in [1.29, 1.82) is 0 Å². The fourth-order valence-electron chi connectivity index (χ4n) is 2.01. The van der Waals surface area contributed by atoms with Crippen LogP contribution >= 0.6 is 0 Å². The smallest absolute Gasteiger partial charge is 0.227 e. The summed E-state index contributed by atoms with van der Waals surface area (Å²) >= 11 is 0. The van der Waals surface area contributed by atoms with Crippen LogP contribution in [0.3, 0.4) is 0 Å². The highest BCUT2D eigenvalue weighted by Gasteiger charge is 2.34. The fraction of sp³-hybridized carbons (Fsp3) is 0.545. The summed E-state index contributed by atoms with van der Waals surface area (Å²) in [7, 11) is 0. The number of likely N-dealkylation sites (tertiary alicyclic amines) is 1. The SMILES string of the molecule is O=C(Cc1ccoc1)N1C[C@@H](F)C[C@H]1CO. The van der Waals surface area contributed by atoms with E-state index in [1.165, 1.54) is 17.4 Å². The molecule has 1 amide bonds. The van der Waals surface area contributed by atoms with Gasteiger partial charge in [-0.05, 0) is 11.6 Å². The molecule has 5 heteroatoms. The molecule has 2 rings (SSSR count). The van der Waals surface area contributed by atoms with E-state index in [0.717, 1.165) is 5.56 Å². The third-order valence-corrected chi connectivity index (χ3v) is 2.83. The van der Waals surface area contributed by atoms with Crippen molar-refractivity contribution in [3.05, 3.63) is 24.2 Å². The van der Waals surface area contributed by atoms with Crippen LogP contribution in [0.25, 0.3) is 0 Å². The standard InChI is InChI=1S/C11H14FNO3/c12-9-4-10(6-14)13(5-9)11(15)3-8-1-2-16-7-8/h1-2,7,9-10,14H,3-6H2/t9-,10-/m0/s1.